The second-order valence-electron chi connectivity index (χ2n) is 6.56. The maximum Gasteiger partial charge on any atom is 0.223 e. The van der Waals surface area contributed by atoms with Crippen molar-refractivity contribution in [3.8, 4) is 0 Å². The van der Waals surface area contributed by atoms with Crippen LogP contribution in [-0.4, -0.2) is 29.9 Å². The van der Waals surface area contributed by atoms with Crippen molar-refractivity contribution in [2.24, 2.45) is 11.1 Å². The minimum absolute atomic E-state index is 0.0540. The van der Waals surface area contributed by atoms with Crippen molar-refractivity contribution < 1.29 is 4.79 Å². The fourth-order valence-corrected chi connectivity index (χ4v) is 2.77. The highest BCUT2D eigenvalue weighted by Crippen LogP contribution is 2.39. The molecule has 1 aliphatic rings. The Labute approximate surface area is 112 Å². The van der Waals surface area contributed by atoms with Gasteiger partial charge in [-0.1, -0.05) is 26.2 Å². The van der Waals surface area contributed by atoms with Gasteiger partial charge in [0.25, 0.3) is 0 Å². The molecule has 0 unspecified atom stereocenters. The molecule has 0 bridgehead atoms. The van der Waals surface area contributed by atoms with E-state index in [-0.39, 0.29) is 16.9 Å². The molecule has 1 aliphatic carbocycles. The average Bonchev–Trinajstić information content (AvgIpc) is 2.38. The van der Waals surface area contributed by atoms with Gasteiger partial charge in [0, 0.05) is 19.0 Å². The van der Waals surface area contributed by atoms with Crippen LogP contribution in [0.3, 0.4) is 0 Å². The Morgan fingerprint density at radius 2 is 1.83 bits per heavy atom. The molecule has 3 nitrogen and oxygen atoms in total. The van der Waals surface area contributed by atoms with Crippen molar-refractivity contribution in [3.63, 3.8) is 0 Å². The summed E-state index contributed by atoms with van der Waals surface area (Å²) in [6, 6.07) is 0. The van der Waals surface area contributed by atoms with Crippen molar-refractivity contribution in [2.45, 2.75) is 71.3 Å². The average molecular weight is 254 g/mol. The van der Waals surface area contributed by atoms with Gasteiger partial charge >= 0.3 is 0 Å². The lowest BCUT2D eigenvalue weighted by Gasteiger charge is -2.40. The van der Waals surface area contributed by atoms with Crippen LogP contribution in [0.2, 0.25) is 0 Å². The van der Waals surface area contributed by atoms with E-state index in [1.54, 1.807) is 0 Å². The van der Waals surface area contributed by atoms with Crippen LogP contribution in [-0.2, 0) is 4.79 Å². The summed E-state index contributed by atoms with van der Waals surface area (Å²) in [5, 5.41) is 0. The number of rotatable bonds is 5. The van der Waals surface area contributed by atoms with Gasteiger partial charge in [-0.2, -0.15) is 0 Å². The SMILES string of the molecule is CCC(C)(C)N(C)C(=O)CC1(CN)CCCCC1. The predicted octanol–water partition coefficient (Wildman–Crippen LogP) is 2.93. The number of hydrogen-bond donors (Lipinski definition) is 1. The fraction of sp³-hybridized carbons (Fsp3) is 0.933. The summed E-state index contributed by atoms with van der Waals surface area (Å²) >= 11 is 0. The molecule has 3 heteroatoms. The van der Waals surface area contributed by atoms with Gasteiger partial charge in [-0.25, -0.2) is 0 Å². The lowest BCUT2D eigenvalue weighted by molar-refractivity contribution is -0.137. The molecule has 1 rings (SSSR count). The monoisotopic (exact) mass is 254 g/mol. The molecule has 1 saturated carbocycles. The van der Waals surface area contributed by atoms with Crippen LogP contribution in [0.1, 0.15) is 65.7 Å². The van der Waals surface area contributed by atoms with E-state index in [9.17, 15) is 4.79 Å². The quantitative estimate of drug-likeness (QED) is 0.820. The number of carbonyl (C=O) groups is 1. The van der Waals surface area contributed by atoms with Crippen LogP contribution >= 0.6 is 0 Å². The second kappa shape index (κ2) is 6.05. The van der Waals surface area contributed by atoms with Crippen LogP contribution in [0.15, 0.2) is 0 Å². The summed E-state index contributed by atoms with van der Waals surface area (Å²) in [4.78, 5) is 14.4. The molecule has 0 aromatic heterocycles. The second-order valence-corrected chi connectivity index (χ2v) is 6.56. The van der Waals surface area contributed by atoms with Crippen LogP contribution in [0, 0.1) is 5.41 Å². The third kappa shape index (κ3) is 3.47. The zero-order valence-corrected chi connectivity index (χ0v) is 12.6. The van der Waals surface area contributed by atoms with E-state index in [4.69, 9.17) is 5.73 Å². The van der Waals surface area contributed by atoms with Gasteiger partial charge in [-0.3, -0.25) is 4.79 Å². The van der Waals surface area contributed by atoms with E-state index in [0.29, 0.717) is 13.0 Å². The lowest BCUT2D eigenvalue weighted by Crippen LogP contribution is -2.47. The molecule has 0 saturated heterocycles. The minimum atomic E-state index is -0.0540. The van der Waals surface area contributed by atoms with Gasteiger partial charge in [-0.15, -0.1) is 0 Å². The topological polar surface area (TPSA) is 46.3 Å². The molecule has 0 heterocycles. The van der Waals surface area contributed by atoms with E-state index in [1.807, 2.05) is 11.9 Å². The maximum atomic E-state index is 12.5. The van der Waals surface area contributed by atoms with E-state index < -0.39 is 0 Å². The standard InChI is InChI=1S/C15H30N2O/c1-5-14(2,3)17(4)13(18)11-15(12-16)9-7-6-8-10-15/h5-12,16H2,1-4H3. The van der Waals surface area contributed by atoms with Gasteiger partial charge in [0.15, 0.2) is 0 Å². The minimum Gasteiger partial charge on any atom is -0.341 e. The fourth-order valence-electron chi connectivity index (χ4n) is 2.77. The number of nitrogens with two attached hydrogens (primary N) is 1. The molecule has 0 radical (unpaired) electrons. The van der Waals surface area contributed by atoms with Gasteiger partial charge < -0.3 is 10.6 Å². The van der Waals surface area contributed by atoms with E-state index in [2.05, 4.69) is 20.8 Å². The molecular weight excluding hydrogens is 224 g/mol. The van der Waals surface area contributed by atoms with Gasteiger partial charge in [0.05, 0.1) is 0 Å². The molecule has 2 N–H and O–H groups in total. The highest BCUT2D eigenvalue weighted by Gasteiger charge is 2.36. The molecule has 0 aromatic rings. The van der Waals surface area contributed by atoms with Crippen LogP contribution in [0.5, 0.6) is 0 Å². The number of hydrogen-bond acceptors (Lipinski definition) is 2. The van der Waals surface area contributed by atoms with Gasteiger partial charge in [0.2, 0.25) is 5.91 Å². The van der Waals surface area contributed by atoms with Crippen LogP contribution in [0.4, 0.5) is 0 Å². The van der Waals surface area contributed by atoms with E-state index in [0.717, 1.165) is 19.3 Å². The molecule has 106 valence electrons. The zero-order valence-electron chi connectivity index (χ0n) is 12.6. The number of amides is 1. The first-order chi connectivity index (χ1) is 8.37. The van der Waals surface area contributed by atoms with Crippen molar-refractivity contribution in [1.29, 1.82) is 0 Å². The Bertz CT molecular complexity index is 280. The molecule has 18 heavy (non-hydrogen) atoms. The summed E-state index contributed by atoms with van der Waals surface area (Å²) in [6.45, 7) is 7.03. The largest absolute Gasteiger partial charge is 0.341 e. The number of carbonyl (C=O) groups excluding carboxylic acids is 1. The molecule has 0 aromatic carbocycles. The van der Waals surface area contributed by atoms with Crippen LogP contribution in [0.25, 0.3) is 0 Å². The third-order valence-electron chi connectivity index (χ3n) is 5.02. The Hall–Kier alpha value is -0.570. The highest BCUT2D eigenvalue weighted by atomic mass is 16.2. The summed E-state index contributed by atoms with van der Waals surface area (Å²) in [5.41, 5.74) is 5.98. The highest BCUT2D eigenvalue weighted by molar-refractivity contribution is 5.77. The van der Waals surface area contributed by atoms with Crippen molar-refractivity contribution in [3.05, 3.63) is 0 Å². The molecule has 1 amide bonds. The van der Waals surface area contributed by atoms with Gasteiger partial charge in [0.1, 0.15) is 0 Å². The molecule has 1 fully saturated rings. The lowest BCUT2D eigenvalue weighted by atomic mass is 9.71. The van der Waals surface area contributed by atoms with E-state index in [1.165, 1.54) is 19.3 Å². The smallest absolute Gasteiger partial charge is 0.223 e. The summed E-state index contributed by atoms with van der Waals surface area (Å²) in [5.74, 6) is 0.259. The first kappa shape index (κ1) is 15.5. The van der Waals surface area contributed by atoms with E-state index >= 15 is 0 Å². The molecule has 0 spiro atoms. The first-order valence-corrected chi connectivity index (χ1v) is 7.34. The molecular formula is C15H30N2O. The summed E-state index contributed by atoms with van der Waals surface area (Å²) in [7, 11) is 1.93. The Morgan fingerprint density at radius 1 is 1.28 bits per heavy atom. The Morgan fingerprint density at radius 3 is 2.28 bits per heavy atom. The zero-order chi connectivity index (χ0) is 13.8. The summed E-state index contributed by atoms with van der Waals surface area (Å²) in [6.07, 6.45) is 7.60. The molecule has 0 atom stereocenters. The maximum absolute atomic E-state index is 12.5. The van der Waals surface area contributed by atoms with Crippen molar-refractivity contribution in [2.75, 3.05) is 13.6 Å². The Kier molecular flexibility index (Phi) is 5.20. The predicted molar refractivity (Wildman–Crippen MR) is 76.3 cm³/mol. The normalized spacial score (nSPS) is 19.6. The first-order valence-electron chi connectivity index (χ1n) is 7.34. The van der Waals surface area contributed by atoms with Crippen LogP contribution < -0.4 is 5.73 Å². The number of nitrogens with zero attached hydrogens (tertiary/aromatic N) is 1. The molecule has 0 aliphatic heterocycles. The summed E-state index contributed by atoms with van der Waals surface area (Å²) < 4.78 is 0. The van der Waals surface area contributed by atoms with Crippen molar-refractivity contribution >= 4 is 5.91 Å². The Balaban J connectivity index is 2.67. The third-order valence-corrected chi connectivity index (χ3v) is 5.02. The van der Waals surface area contributed by atoms with Gasteiger partial charge in [-0.05, 0) is 45.1 Å². The van der Waals surface area contributed by atoms with Crippen molar-refractivity contribution in [1.82, 2.24) is 4.90 Å².